The highest BCUT2D eigenvalue weighted by Crippen LogP contribution is 2.50. The molecule has 8 aromatic rings. The lowest BCUT2D eigenvalue weighted by Gasteiger charge is -2.27. The molecular formula is C43H32N2. The second kappa shape index (κ2) is 9.70. The first-order chi connectivity index (χ1) is 22.1. The topological polar surface area (TPSA) is 8.17 Å². The van der Waals surface area contributed by atoms with Gasteiger partial charge in [0.15, 0.2) is 0 Å². The molecule has 2 nitrogen and oxygen atoms in total. The molecule has 0 atom stereocenters. The van der Waals surface area contributed by atoms with Gasteiger partial charge >= 0.3 is 0 Å². The zero-order valence-corrected chi connectivity index (χ0v) is 25.4. The van der Waals surface area contributed by atoms with Gasteiger partial charge < -0.3 is 9.47 Å². The van der Waals surface area contributed by atoms with E-state index >= 15 is 0 Å². The summed E-state index contributed by atoms with van der Waals surface area (Å²) in [7, 11) is 0. The minimum Gasteiger partial charge on any atom is -0.310 e. The highest BCUT2D eigenvalue weighted by atomic mass is 15.1. The van der Waals surface area contributed by atoms with E-state index in [-0.39, 0.29) is 5.41 Å². The Morgan fingerprint density at radius 2 is 1.09 bits per heavy atom. The van der Waals surface area contributed by atoms with Crippen LogP contribution >= 0.6 is 0 Å². The van der Waals surface area contributed by atoms with Crippen LogP contribution in [0.3, 0.4) is 0 Å². The van der Waals surface area contributed by atoms with Crippen molar-refractivity contribution < 1.29 is 0 Å². The van der Waals surface area contributed by atoms with Crippen LogP contribution < -0.4 is 4.90 Å². The van der Waals surface area contributed by atoms with Crippen LogP contribution in [-0.2, 0) is 5.41 Å². The van der Waals surface area contributed by atoms with Gasteiger partial charge in [0.2, 0.25) is 0 Å². The molecule has 0 aliphatic heterocycles. The minimum absolute atomic E-state index is 0.0234. The van der Waals surface area contributed by atoms with Gasteiger partial charge in [0.1, 0.15) is 0 Å². The molecule has 0 fully saturated rings. The van der Waals surface area contributed by atoms with Crippen molar-refractivity contribution in [3.05, 3.63) is 169 Å². The molecule has 9 rings (SSSR count). The molecule has 0 saturated carbocycles. The van der Waals surface area contributed by atoms with Crippen LogP contribution in [0.25, 0.3) is 49.4 Å². The fraction of sp³-hybridized carbons (Fsp3) is 0.0698. The van der Waals surface area contributed by atoms with E-state index in [9.17, 15) is 0 Å². The summed E-state index contributed by atoms with van der Waals surface area (Å²) < 4.78 is 2.43. The van der Waals surface area contributed by atoms with E-state index in [1.165, 1.54) is 60.5 Å². The summed E-state index contributed by atoms with van der Waals surface area (Å²) in [4.78, 5) is 2.40. The van der Waals surface area contributed by atoms with E-state index < -0.39 is 0 Å². The summed E-state index contributed by atoms with van der Waals surface area (Å²) in [5, 5.41) is 4.98. The fourth-order valence-corrected chi connectivity index (χ4v) is 7.63. The molecule has 0 radical (unpaired) electrons. The van der Waals surface area contributed by atoms with Crippen molar-refractivity contribution in [2.45, 2.75) is 19.3 Å². The monoisotopic (exact) mass is 576 g/mol. The zero-order valence-electron chi connectivity index (χ0n) is 25.4. The average Bonchev–Trinajstić information content (AvgIpc) is 3.53. The third-order valence-electron chi connectivity index (χ3n) is 9.76. The van der Waals surface area contributed by atoms with Gasteiger partial charge in [0.25, 0.3) is 0 Å². The van der Waals surface area contributed by atoms with Crippen molar-refractivity contribution >= 4 is 49.6 Å². The molecule has 45 heavy (non-hydrogen) atoms. The third-order valence-corrected chi connectivity index (χ3v) is 9.76. The third kappa shape index (κ3) is 3.82. The second-order valence-corrected chi connectivity index (χ2v) is 12.6. The minimum atomic E-state index is -0.0234. The molecule has 0 spiro atoms. The molecule has 1 aromatic heterocycles. The molecule has 0 saturated heterocycles. The molecule has 0 amide bonds. The number of anilines is 3. The van der Waals surface area contributed by atoms with Crippen molar-refractivity contribution in [2.24, 2.45) is 0 Å². The van der Waals surface area contributed by atoms with Crippen LogP contribution in [0.4, 0.5) is 17.1 Å². The maximum atomic E-state index is 2.43. The van der Waals surface area contributed by atoms with Crippen LogP contribution in [0.15, 0.2) is 158 Å². The Labute approximate surface area is 263 Å². The van der Waals surface area contributed by atoms with E-state index in [1.807, 2.05) is 0 Å². The van der Waals surface area contributed by atoms with Crippen molar-refractivity contribution in [2.75, 3.05) is 4.90 Å². The highest BCUT2D eigenvalue weighted by molar-refractivity contribution is 6.12. The molecule has 1 aliphatic carbocycles. The lowest BCUT2D eigenvalue weighted by molar-refractivity contribution is 0.660. The van der Waals surface area contributed by atoms with Gasteiger partial charge in [-0.1, -0.05) is 117 Å². The SMILES string of the molecule is CC1(C)c2ccccc2-c2cc(N(c3ccccc3)c3ccc4c(c3)c3ccccc3n4-c3cccc4ccccc34)ccc21. The van der Waals surface area contributed by atoms with E-state index in [0.717, 1.165) is 17.1 Å². The Balaban J connectivity index is 1.28. The number of nitrogens with zero attached hydrogens (tertiary/aromatic N) is 2. The van der Waals surface area contributed by atoms with Gasteiger partial charge in [-0.15, -0.1) is 0 Å². The predicted octanol–water partition coefficient (Wildman–Crippen LogP) is 11.7. The van der Waals surface area contributed by atoms with Gasteiger partial charge in [0, 0.05) is 38.6 Å². The first-order valence-corrected chi connectivity index (χ1v) is 15.7. The normalized spacial score (nSPS) is 13.3. The number of aromatic nitrogens is 1. The highest BCUT2D eigenvalue weighted by Gasteiger charge is 2.35. The largest absolute Gasteiger partial charge is 0.310 e. The number of hydrogen-bond acceptors (Lipinski definition) is 1. The van der Waals surface area contributed by atoms with Gasteiger partial charge in [-0.05, 0) is 82.2 Å². The molecule has 214 valence electrons. The number of fused-ring (bicyclic) bond motifs is 7. The summed E-state index contributed by atoms with van der Waals surface area (Å²) in [5.74, 6) is 0. The average molecular weight is 577 g/mol. The zero-order chi connectivity index (χ0) is 30.1. The Hall–Kier alpha value is -5.60. The number of para-hydroxylation sites is 2. The van der Waals surface area contributed by atoms with Crippen LogP contribution in [-0.4, -0.2) is 4.57 Å². The maximum Gasteiger partial charge on any atom is 0.0542 e. The Morgan fingerprint density at radius 1 is 0.444 bits per heavy atom. The molecule has 0 bridgehead atoms. The molecule has 0 N–H and O–H groups in total. The quantitative estimate of drug-likeness (QED) is 0.202. The van der Waals surface area contributed by atoms with E-state index in [2.05, 4.69) is 181 Å². The Kier molecular flexibility index (Phi) is 5.58. The predicted molar refractivity (Wildman–Crippen MR) is 191 cm³/mol. The number of benzene rings is 7. The smallest absolute Gasteiger partial charge is 0.0542 e. The Morgan fingerprint density at radius 3 is 1.98 bits per heavy atom. The van der Waals surface area contributed by atoms with Crippen molar-refractivity contribution in [3.63, 3.8) is 0 Å². The first-order valence-electron chi connectivity index (χ1n) is 15.7. The van der Waals surface area contributed by atoms with Gasteiger partial charge in [0.05, 0.1) is 16.7 Å². The lowest BCUT2D eigenvalue weighted by Crippen LogP contribution is -2.15. The van der Waals surface area contributed by atoms with Crippen LogP contribution in [0, 0.1) is 0 Å². The van der Waals surface area contributed by atoms with Gasteiger partial charge in [-0.25, -0.2) is 0 Å². The van der Waals surface area contributed by atoms with Crippen LogP contribution in [0.5, 0.6) is 0 Å². The number of rotatable bonds is 4. The summed E-state index contributed by atoms with van der Waals surface area (Å²) in [6, 6.07) is 57.6. The van der Waals surface area contributed by atoms with Crippen LogP contribution in [0.2, 0.25) is 0 Å². The summed E-state index contributed by atoms with van der Waals surface area (Å²) in [6.45, 7) is 4.68. The fourth-order valence-electron chi connectivity index (χ4n) is 7.63. The molecule has 2 heteroatoms. The molecule has 1 heterocycles. The summed E-state index contributed by atoms with van der Waals surface area (Å²) in [5.41, 5.74) is 12.5. The summed E-state index contributed by atoms with van der Waals surface area (Å²) in [6.07, 6.45) is 0. The van der Waals surface area contributed by atoms with E-state index in [0.29, 0.717) is 0 Å². The lowest BCUT2D eigenvalue weighted by atomic mass is 9.82. The molecular weight excluding hydrogens is 544 g/mol. The van der Waals surface area contributed by atoms with Gasteiger partial charge in [-0.2, -0.15) is 0 Å². The number of hydrogen-bond donors (Lipinski definition) is 0. The maximum absolute atomic E-state index is 2.43. The molecule has 0 unspecified atom stereocenters. The first kappa shape index (κ1) is 25.9. The van der Waals surface area contributed by atoms with Crippen molar-refractivity contribution in [1.29, 1.82) is 0 Å². The Bertz CT molecular complexity index is 2410. The van der Waals surface area contributed by atoms with E-state index in [4.69, 9.17) is 0 Å². The summed E-state index contributed by atoms with van der Waals surface area (Å²) >= 11 is 0. The second-order valence-electron chi connectivity index (χ2n) is 12.6. The standard InChI is InChI=1S/C43H32N2/c1-43(2)38-20-10-8-18-34(38)36-27-31(23-25-39(36)43)44(30-15-4-3-5-16-30)32-24-26-42-37(28-32)35-19-9-11-21-41(35)45(42)40-22-12-14-29-13-6-7-17-33(29)40/h3-28H,1-2H3. The molecule has 1 aliphatic rings. The van der Waals surface area contributed by atoms with Crippen molar-refractivity contribution in [3.8, 4) is 16.8 Å². The van der Waals surface area contributed by atoms with Crippen LogP contribution in [0.1, 0.15) is 25.0 Å². The van der Waals surface area contributed by atoms with Gasteiger partial charge in [-0.3, -0.25) is 0 Å². The van der Waals surface area contributed by atoms with E-state index in [1.54, 1.807) is 0 Å². The molecule has 7 aromatic carbocycles. The van der Waals surface area contributed by atoms with Crippen molar-refractivity contribution in [1.82, 2.24) is 4.57 Å².